The van der Waals surface area contributed by atoms with Gasteiger partial charge in [0.05, 0.1) is 12.7 Å². The van der Waals surface area contributed by atoms with E-state index < -0.39 is 0 Å². The molecule has 0 aromatic rings. The highest BCUT2D eigenvalue weighted by molar-refractivity contribution is 5.09. The zero-order chi connectivity index (χ0) is 23.6. The molecular formula is C30H50O. The summed E-state index contributed by atoms with van der Waals surface area (Å²) in [6.07, 6.45) is 21.7. The first-order chi connectivity index (χ1) is 14.6. The van der Waals surface area contributed by atoms with Crippen LogP contribution in [0.3, 0.4) is 0 Å². The third-order valence-corrected chi connectivity index (χ3v) is 5.18. The zero-order valence-electron chi connectivity index (χ0n) is 22.1. The summed E-state index contributed by atoms with van der Waals surface area (Å²) in [7, 11) is 0. The van der Waals surface area contributed by atoms with E-state index in [4.69, 9.17) is 4.74 Å². The molecule has 0 saturated carbocycles. The normalized spacial score (nSPS) is 13.6. The third-order valence-electron chi connectivity index (χ3n) is 5.18. The average molecular weight is 427 g/mol. The SMILES string of the molecule is CC(C)=CCC/C(C)=C/COC(/C=C(\C)CCC=C(C)C)C/C=C(\C)CCC=C(C)C. The Hall–Kier alpha value is -1.60. The van der Waals surface area contributed by atoms with Crippen molar-refractivity contribution in [2.75, 3.05) is 6.61 Å². The number of hydrogen-bond donors (Lipinski definition) is 0. The molecule has 0 heterocycles. The Kier molecular flexibility index (Phi) is 17.1. The Bertz CT molecular complexity index is 667. The van der Waals surface area contributed by atoms with Crippen molar-refractivity contribution in [1.29, 1.82) is 0 Å². The largest absolute Gasteiger partial charge is 0.370 e. The molecule has 1 nitrogen and oxygen atoms in total. The van der Waals surface area contributed by atoms with Gasteiger partial charge in [0.2, 0.25) is 0 Å². The number of ether oxygens (including phenoxy) is 1. The second-order valence-corrected chi connectivity index (χ2v) is 9.68. The second kappa shape index (κ2) is 18.0. The maximum absolute atomic E-state index is 6.29. The van der Waals surface area contributed by atoms with Crippen LogP contribution in [0.1, 0.15) is 107 Å². The quantitative estimate of drug-likeness (QED) is 0.237. The molecule has 0 aliphatic rings. The van der Waals surface area contributed by atoms with E-state index in [1.807, 2.05) is 0 Å². The van der Waals surface area contributed by atoms with E-state index in [0.29, 0.717) is 6.61 Å². The van der Waals surface area contributed by atoms with Crippen LogP contribution in [0, 0.1) is 0 Å². The van der Waals surface area contributed by atoms with Gasteiger partial charge in [-0.25, -0.2) is 0 Å². The van der Waals surface area contributed by atoms with Gasteiger partial charge in [0.25, 0.3) is 0 Å². The van der Waals surface area contributed by atoms with Gasteiger partial charge in [0.1, 0.15) is 0 Å². The van der Waals surface area contributed by atoms with Crippen LogP contribution in [0.25, 0.3) is 0 Å². The van der Waals surface area contributed by atoms with Crippen molar-refractivity contribution >= 4 is 0 Å². The average Bonchev–Trinajstić information content (AvgIpc) is 2.65. The molecule has 0 amide bonds. The monoisotopic (exact) mass is 426 g/mol. The molecule has 0 rings (SSSR count). The standard InChI is InChI=1S/C30H50O/c1-24(2)13-10-16-27(7)19-20-30(23-29(9)18-12-15-26(5)6)31-22-21-28(8)17-11-14-25(3)4/h13-15,19,21,23,30H,10-12,16-18,20,22H2,1-9H3/b27-19+,28-21+,29-23+. The van der Waals surface area contributed by atoms with Crippen LogP contribution in [0.2, 0.25) is 0 Å². The summed E-state index contributed by atoms with van der Waals surface area (Å²) in [6, 6.07) is 0. The predicted molar refractivity (Wildman–Crippen MR) is 142 cm³/mol. The van der Waals surface area contributed by atoms with Crippen molar-refractivity contribution in [1.82, 2.24) is 0 Å². The molecule has 176 valence electrons. The van der Waals surface area contributed by atoms with Gasteiger partial charge in [0, 0.05) is 0 Å². The highest BCUT2D eigenvalue weighted by Gasteiger charge is 2.05. The van der Waals surface area contributed by atoms with Gasteiger partial charge >= 0.3 is 0 Å². The highest BCUT2D eigenvalue weighted by Crippen LogP contribution is 2.15. The summed E-state index contributed by atoms with van der Waals surface area (Å²) in [5, 5.41) is 0. The molecule has 1 unspecified atom stereocenters. The molecule has 0 spiro atoms. The van der Waals surface area contributed by atoms with Crippen LogP contribution < -0.4 is 0 Å². The van der Waals surface area contributed by atoms with Gasteiger partial charge in [-0.1, -0.05) is 69.9 Å². The van der Waals surface area contributed by atoms with E-state index in [0.717, 1.165) is 44.9 Å². The molecule has 0 aliphatic carbocycles. The van der Waals surface area contributed by atoms with Crippen LogP contribution in [-0.4, -0.2) is 12.7 Å². The smallest absolute Gasteiger partial charge is 0.0797 e. The Morgan fingerprint density at radius 2 is 0.968 bits per heavy atom. The minimum absolute atomic E-state index is 0.145. The molecule has 0 aliphatic heterocycles. The van der Waals surface area contributed by atoms with Crippen LogP contribution in [-0.2, 0) is 4.74 Å². The summed E-state index contributed by atoms with van der Waals surface area (Å²) < 4.78 is 6.29. The number of rotatable bonds is 15. The minimum Gasteiger partial charge on any atom is -0.370 e. The summed E-state index contributed by atoms with van der Waals surface area (Å²) in [4.78, 5) is 0. The maximum Gasteiger partial charge on any atom is 0.0797 e. The van der Waals surface area contributed by atoms with Gasteiger partial charge in [-0.3, -0.25) is 0 Å². The van der Waals surface area contributed by atoms with Crippen LogP contribution in [0.15, 0.2) is 69.9 Å². The van der Waals surface area contributed by atoms with Crippen LogP contribution in [0.5, 0.6) is 0 Å². The number of hydrogen-bond acceptors (Lipinski definition) is 1. The molecule has 1 atom stereocenters. The maximum atomic E-state index is 6.29. The fourth-order valence-corrected chi connectivity index (χ4v) is 3.19. The van der Waals surface area contributed by atoms with Crippen molar-refractivity contribution in [2.45, 2.75) is 113 Å². The van der Waals surface area contributed by atoms with E-state index >= 15 is 0 Å². The fraction of sp³-hybridized carbons (Fsp3) is 0.600. The van der Waals surface area contributed by atoms with E-state index in [-0.39, 0.29) is 6.10 Å². The lowest BCUT2D eigenvalue weighted by Crippen LogP contribution is -2.10. The van der Waals surface area contributed by atoms with Crippen molar-refractivity contribution < 1.29 is 4.74 Å². The Labute approximate surface area is 194 Å². The van der Waals surface area contributed by atoms with Crippen molar-refractivity contribution in [3.05, 3.63) is 69.9 Å². The molecule has 1 heteroatoms. The second-order valence-electron chi connectivity index (χ2n) is 9.68. The minimum atomic E-state index is 0.145. The van der Waals surface area contributed by atoms with Gasteiger partial charge in [-0.2, -0.15) is 0 Å². The Balaban J connectivity index is 4.94. The van der Waals surface area contributed by atoms with E-state index in [2.05, 4.69) is 98.8 Å². The Morgan fingerprint density at radius 3 is 1.42 bits per heavy atom. The van der Waals surface area contributed by atoms with E-state index in [1.165, 1.54) is 33.4 Å². The zero-order valence-corrected chi connectivity index (χ0v) is 22.1. The molecule has 0 aromatic carbocycles. The van der Waals surface area contributed by atoms with E-state index in [1.54, 1.807) is 0 Å². The van der Waals surface area contributed by atoms with E-state index in [9.17, 15) is 0 Å². The fourth-order valence-electron chi connectivity index (χ4n) is 3.19. The predicted octanol–water partition coefficient (Wildman–Crippen LogP) is 9.84. The molecular weight excluding hydrogens is 376 g/mol. The van der Waals surface area contributed by atoms with Crippen molar-refractivity contribution in [3.8, 4) is 0 Å². The Morgan fingerprint density at radius 1 is 0.548 bits per heavy atom. The molecule has 0 saturated heterocycles. The lowest BCUT2D eigenvalue weighted by atomic mass is 10.0. The summed E-state index contributed by atoms with van der Waals surface area (Å²) in [5.74, 6) is 0. The first-order valence-corrected chi connectivity index (χ1v) is 12.1. The summed E-state index contributed by atoms with van der Waals surface area (Å²) in [5.41, 5.74) is 8.47. The molecule has 0 N–H and O–H groups in total. The molecule has 0 bridgehead atoms. The lowest BCUT2D eigenvalue weighted by Gasteiger charge is -2.14. The van der Waals surface area contributed by atoms with Crippen LogP contribution >= 0.6 is 0 Å². The molecule has 0 radical (unpaired) electrons. The van der Waals surface area contributed by atoms with Crippen molar-refractivity contribution in [2.24, 2.45) is 0 Å². The molecule has 0 aromatic heterocycles. The first-order valence-electron chi connectivity index (χ1n) is 12.1. The topological polar surface area (TPSA) is 9.23 Å². The van der Waals surface area contributed by atoms with Crippen LogP contribution in [0.4, 0.5) is 0 Å². The summed E-state index contributed by atoms with van der Waals surface area (Å²) >= 11 is 0. The van der Waals surface area contributed by atoms with Gasteiger partial charge in [-0.15, -0.1) is 0 Å². The van der Waals surface area contributed by atoms with Crippen molar-refractivity contribution in [3.63, 3.8) is 0 Å². The lowest BCUT2D eigenvalue weighted by molar-refractivity contribution is 0.110. The van der Waals surface area contributed by atoms with Gasteiger partial charge in [-0.05, 0) is 107 Å². The number of allylic oxidation sites excluding steroid dienone is 9. The third kappa shape index (κ3) is 20.1. The van der Waals surface area contributed by atoms with Gasteiger partial charge in [0.15, 0.2) is 0 Å². The van der Waals surface area contributed by atoms with Gasteiger partial charge < -0.3 is 4.74 Å². The highest BCUT2D eigenvalue weighted by atomic mass is 16.5. The molecule has 0 fully saturated rings. The molecule has 31 heavy (non-hydrogen) atoms. The first kappa shape index (κ1) is 29.4. The summed E-state index contributed by atoms with van der Waals surface area (Å²) in [6.45, 7) is 20.4.